The van der Waals surface area contributed by atoms with Crippen LogP contribution in [0.15, 0.2) is 54.6 Å². The molecule has 1 aliphatic rings. The molecule has 126 valence electrons. The van der Waals surface area contributed by atoms with Gasteiger partial charge >= 0.3 is 0 Å². The lowest BCUT2D eigenvalue weighted by molar-refractivity contribution is -0.116. The predicted octanol–water partition coefficient (Wildman–Crippen LogP) is 3.64. The monoisotopic (exact) mass is 334 g/mol. The molecule has 0 aliphatic carbocycles. The van der Waals surface area contributed by atoms with Gasteiger partial charge in [0.1, 0.15) is 11.6 Å². The lowest BCUT2D eigenvalue weighted by atomic mass is 9.86. The van der Waals surface area contributed by atoms with Crippen LogP contribution in [0.3, 0.4) is 0 Å². The van der Waals surface area contributed by atoms with Gasteiger partial charge in [-0.3, -0.25) is 9.89 Å². The number of amides is 1. The molecule has 3 aromatic rings. The number of para-hydroxylation sites is 1. The smallest absolute Gasteiger partial charge is 0.226 e. The number of ether oxygens (including phenoxy) is 1. The standard InChI is InChI=1S/C19H18N4O2/c1-25-14-9-5-6-12(10-14)15-11-16(24)21-19-17(15)18(22-23-19)20-13-7-3-2-4-8-13/h2-10,15H,11H2,1H3,(H3,20,21,22,23,24). The van der Waals surface area contributed by atoms with E-state index in [1.54, 1.807) is 7.11 Å². The molecule has 25 heavy (non-hydrogen) atoms. The molecule has 0 spiro atoms. The van der Waals surface area contributed by atoms with Gasteiger partial charge in [0.15, 0.2) is 5.82 Å². The zero-order chi connectivity index (χ0) is 17.2. The Morgan fingerprint density at radius 3 is 2.80 bits per heavy atom. The molecule has 1 aromatic heterocycles. The summed E-state index contributed by atoms with van der Waals surface area (Å²) in [6.07, 6.45) is 0.364. The molecule has 1 aliphatic heterocycles. The molecule has 0 bridgehead atoms. The first kappa shape index (κ1) is 15.3. The summed E-state index contributed by atoms with van der Waals surface area (Å²) >= 11 is 0. The fraction of sp³-hybridized carbons (Fsp3) is 0.158. The van der Waals surface area contributed by atoms with E-state index < -0.39 is 0 Å². The van der Waals surface area contributed by atoms with E-state index in [-0.39, 0.29) is 11.8 Å². The molecule has 1 unspecified atom stereocenters. The van der Waals surface area contributed by atoms with Crippen LogP contribution in [0.25, 0.3) is 0 Å². The number of aromatic amines is 1. The van der Waals surface area contributed by atoms with Crippen molar-refractivity contribution in [3.63, 3.8) is 0 Å². The molecule has 0 saturated carbocycles. The fourth-order valence-corrected chi connectivity index (χ4v) is 3.16. The second-order valence-electron chi connectivity index (χ2n) is 5.93. The number of methoxy groups -OCH3 is 1. The Kier molecular flexibility index (Phi) is 3.85. The van der Waals surface area contributed by atoms with Crippen molar-refractivity contribution in [2.24, 2.45) is 0 Å². The van der Waals surface area contributed by atoms with E-state index in [2.05, 4.69) is 20.8 Å². The van der Waals surface area contributed by atoms with E-state index in [0.29, 0.717) is 12.2 Å². The number of fused-ring (bicyclic) bond motifs is 1. The van der Waals surface area contributed by atoms with Crippen molar-refractivity contribution >= 4 is 23.2 Å². The van der Waals surface area contributed by atoms with Gasteiger partial charge in [-0.1, -0.05) is 30.3 Å². The third-order valence-electron chi connectivity index (χ3n) is 4.34. The van der Waals surface area contributed by atoms with Crippen LogP contribution >= 0.6 is 0 Å². The Morgan fingerprint density at radius 2 is 2.00 bits per heavy atom. The van der Waals surface area contributed by atoms with Crippen LogP contribution in [0.1, 0.15) is 23.5 Å². The first-order chi connectivity index (χ1) is 12.2. The molecule has 2 aromatic carbocycles. The second-order valence-corrected chi connectivity index (χ2v) is 5.93. The number of aromatic nitrogens is 2. The predicted molar refractivity (Wildman–Crippen MR) is 96.4 cm³/mol. The molecule has 6 nitrogen and oxygen atoms in total. The minimum absolute atomic E-state index is 0.0434. The number of rotatable bonds is 4. The molecular weight excluding hydrogens is 316 g/mol. The fourth-order valence-electron chi connectivity index (χ4n) is 3.16. The molecule has 6 heteroatoms. The summed E-state index contributed by atoms with van der Waals surface area (Å²) in [6.45, 7) is 0. The van der Waals surface area contributed by atoms with Crippen molar-refractivity contribution in [2.45, 2.75) is 12.3 Å². The highest BCUT2D eigenvalue weighted by atomic mass is 16.5. The number of nitrogens with one attached hydrogen (secondary N) is 3. The van der Waals surface area contributed by atoms with Crippen molar-refractivity contribution in [2.75, 3.05) is 17.7 Å². The number of nitrogens with zero attached hydrogens (tertiary/aromatic N) is 1. The van der Waals surface area contributed by atoms with Gasteiger partial charge < -0.3 is 15.4 Å². The van der Waals surface area contributed by atoms with E-state index in [9.17, 15) is 4.79 Å². The highest BCUT2D eigenvalue weighted by Gasteiger charge is 2.32. The Hall–Kier alpha value is -3.28. The summed E-state index contributed by atoms with van der Waals surface area (Å²) in [5.74, 6) is 1.99. The van der Waals surface area contributed by atoms with E-state index >= 15 is 0 Å². The van der Waals surface area contributed by atoms with E-state index in [1.165, 1.54) is 0 Å². The zero-order valence-electron chi connectivity index (χ0n) is 13.7. The highest BCUT2D eigenvalue weighted by Crippen LogP contribution is 2.41. The van der Waals surface area contributed by atoms with Crippen molar-refractivity contribution in [1.29, 1.82) is 0 Å². The molecule has 3 N–H and O–H groups in total. The summed E-state index contributed by atoms with van der Waals surface area (Å²) in [4.78, 5) is 12.1. The topological polar surface area (TPSA) is 79.0 Å². The maximum Gasteiger partial charge on any atom is 0.226 e. The zero-order valence-corrected chi connectivity index (χ0v) is 13.7. The van der Waals surface area contributed by atoms with Crippen molar-refractivity contribution in [1.82, 2.24) is 10.2 Å². The van der Waals surface area contributed by atoms with Crippen LogP contribution in [0.4, 0.5) is 17.3 Å². The van der Waals surface area contributed by atoms with Gasteiger partial charge in [0, 0.05) is 23.6 Å². The largest absolute Gasteiger partial charge is 0.497 e. The van der Waals surface area contributed by atoms with Gasteiger partial charge in [0.05, 0.1) is 7.11 Å². The SMILES string of the molecule is COc1cccc(C2CC(=O)Nc3n[nH]c(Nc4ccccc4)c32)c1. The van der Waals surface area contributed by atoms with Crippen LogP contribution in [-0.4, -0.2) is 23.2 Å². The Labute approximate surface area is 145 Å². The second kappa shape index (κ2) is 6.32. The number of carbonyl (C=O) groups excluding carboxylic acids is 1. The van der Waals surface area contributed by atoms with Gasteiger partial charge in [-0.25, -0.2) is 0 Å². The maximum absolute atomic E-state index is 12.1. The molecule has 0 saturated heterocycles. The van der Waals surface area contributed by atoms with Gasteiger partial charge in [-0.15, -0.1) is 0 Å². The van der Waals surface area contributed by atoms with E-state index in [0.717, 1.165) is 28.4 Å². The van der Waals surface area contributed by atoms with Gasteiger partial charge in [-0.05, 0) is 29.8 Å². The lowest BCUT2D eigenvalue weighted by Crippen LogP contribution is -2.23. The Morgan fingerprint density at radius 1 is 1.16 bits per heavy atom. The van der Waals surface area contributed by atoms with E-state index in [4.69, 9.17) is 4.74 Å². The molecule has 0 radical (unpaired) electrons. The normalized spacial score (nSPS) is 16.0. The minimum Gasteiger partial charge on any atom is -0.497 e. The van der Waals surface area contributed by atoms with Crippen molar-refractivity contribution < 1.29 is 9.53 Å². The summed E-state index contributed by atoms with van der Waals surface area (Å²) < 4.78 is 5.33. The van der Waals surface area contributed by atoms with Crippen LogP contribution in [0, 0.1) is 0 Å². The van der Waals surface area contributed by atoms with Crippen LogP contribution in [-0.2, 0) is 4.79 Å². The van der Waals surface area contributed by atoms with Gasteiger partial charge in [0.25, 0.3) is 0 Å². The number of hydrogen-bond donors (Lipinski definition) is 3. The minimum atomic E-state index is -0.0937. The number of benzene rings is 2. The molecule has 1 atom stereocenters. The third-order valence-corrected chi connectivity index (χ3v) is 4.34. The maximum atomic E-state index is 12.1. The molecule has 1 amide bonds. The van der Waals surface area contributed by atoms with Crippen molar-refractivity contribution in [3.8, 4) is 5.75 Å². The average molecular weight is 334 g/mol. The van der Waals surface area contributed by atoms with Crippen LogP contribution in [0.2, 0.25) is 0 Å². The molecule has 0 fully saturated rings. The summed E-state index contributed by atoms with van der Waals surface area (Å²) in [7, 11) is 1.64. The van der Waals surface area contributed by atoms with Crippen molar-refractivity contribution in [3.05, 3.63) is 65.7 Å². The number of hydrogen-bond acceptors (Lipinski definition) is 4. The molecule has 2 heterocycles. The van der Waals surface area contributed by atoms with Crippen LogP contribution < -0.4 is 15.4 Å². The number of H-pyrrole nitrogens is 1. The van der Waals surface area contributed by atoms with Gasteiger partial charge in [0.2, 0.25) is 5.91 Å². The summed E-state index contributed by atoms with van der Waals surface area (Å²) in [6, 6.07) is 17.7. The first-order valence-electron chi connectivity index (χ1n) is 8.08. The average Bonchev–Trinajstić information content (AvgIpc) is 3.04. The number of anilines is 3. The Balaban J connectivity index is 1.76. The Bertz CT molecular complexity index is 905. The summed E-state index contributed by atoms with van der Waals surface area (Å²) in [5.41, 5.74) is 2.93. The third kappa shape index (κ3) is 2.94. The highest BCUT2D eigenvalue weighted by molar-refractivity contribution is 5.95. The van der Waals surface area contributed by atoms with Gasteiger partial charge in [-0.2, -0.15) is 5.10 Å². The molecular formula is C19H18N4O2. The molecule has 4 rings (SSSR count). The number of carbonyl (C=O) groups is 1. The van der Waals surface area contributed by atoms with Crippen LogP contribution in [0.5, 0.6) is 5.75 Å². The quantitative estimate of drug-likeness (QED) is 0.681. The lowest BCUT2D eigenvalue weighted by Gasteiger charge is -2.24. The van der Waals surface area contributed by atoms with E-state index in [1.807, 2.05) is 54.6 Å². The summed E-state index contributed by atoms with van der Waals surface area (Å²) in [5, 5.41) is 13.5. The first-order valence-corrected chi connectivity index (χ1v) is 8.08.